The molecule has 4 N–H and O–H groups in total. The van der Waals surface area contributed by atoms with Crippen LogP contribution in [0.2, 0.25) is 0 Å². The van der Waals surface area contributed by atoms with Gasteiger partial charge in [-0.3, -0.25) is 4.79 Å². The summed E-state index contributed by atoms with van der Waals surface area (Å²) in [6, 6.07) is 0. The lowest BCUT2D eigenvalue weighted by Gasteiger charge is -2.09. The van der Waals surface area contributed by atoms with Crippen molar-refractivity contribution in [3.63, 3.8) is 0 Å². The van der Waals surface area contributed by atoms with Crippen molar-refractivity contribution in [2.75, 3.05) is 12.3 Å². The van der Waals surface area contributed by atoms with Crippen molar-refractivity contribution < 1.29 is 18.7 Å². The van der Waals surface area contributed by atoms with Gasteiger partial charge in [-0.2, -0.15) is 0 Å². The Kier molecular flexibility index (Phi) is 3.92. The Hall–Kier alpha value is -1.28. The Morgan fingerprint density at radius 1 is 1.73 bits per heavy atom. The van der Waals surface area contributed by atoms with Gasteiger partial charge >= 0.3 is 0 Å². The largest absolute Gasteiger partial charge is 0.385 e. The summed E-state index contributed by atoms with van der Waals surface area (Å²) < 4.78 is 23.7. The number of amides is 1. The summed E-state index contributed by atoms with van der Waals surface area (Å²) in [4.78, 5) is 14.9. The minimum absolute atomic E-state index is 0.0546. The van der Waals surface area contributed by atoms with E-state index >= 15 is 0 Å². The molecule has 0 fully saturated rings. The van der Waals surface area contributed by atoms with E-state index in [-0.39, 0.29) is 10.8 Å². The van der Waals surface area contributed by atoms with Gasteiger partial charge in [0, 0.05) is 11.9 Å². The zero-order valence-corrected chi connectivity index (χ0v) is 8.30. The zero-order chi connectivity index (χ0) is 11.4. The fraction of sp³-hybridized carbons (Fsp3) is 0.429. The summed E-state index contributed by atoms with van der Waals surface area (Å²) in [6.07, 6.45) is -4.75. The molecule has 0 radical (unpaired) electrons. The van der Waals surface area contributed by atoms with Crippen LogP contribution in [0.25, 0.3) is 0 Å². The number of anilines is 1. The van der Waals surface area contributed by atoms with Crippen molar-refractivity contribution in [1.82, 2.24) is 10.3 Å². The first-order valence-corrected chi connectivity index (χ1v) is 4.84. The Morgan fingerprint density at radius 3 is 2.87 bits per heavy atom. The summed E-state index contributed by atoms with van der Waals surface area (Å²) in [5, 5.41) is 12.5. The van der Waals surface area contributed by atoms with E-state index in [4.69, 9.17) is 10.8 Å². The normalized spacial score (nSPS) is 12.8. The van der Waals surface area contributed by atoms with Crippen LogP contribution in [0.5, 0.6) is 0 Å². The first-order valence-electron chi connectivity index (χ1n) is 3.96. The number of nitrogen functional groups attached to an aromatic ring is 1. The number of nitrogens with one attached hydrogen (secondary N) is 1. The highest BCUT2D eigenvalue weighted by Gasteiger charge is 2.18. The Labute approximate surface area is 87.9 Å². The standard InChI is InChI=1S/C7H9F2N3O2S/c8-5(9)4(13)1-11-6(14)3-2-15-7(10)12-3/h2,4-5,13H,1H2,(H2,10,12)(H,11,14). The van der Waals surface area contributed by atoms with Gasteiger partial charge in [0.15, 0.2) is 5.13 Å². The molecule has 1 unspecified atom stereocenters. The smallest absolute Gasteiger partial charge is 0.270 e. The number of alkyl halides is 2. The molecule has 5 nitrogen and oxygen atoms in total. The average molecular weight is 237 g/mol. The maximum atomic E-state index is 11.9. The van der Waals surface area contributed by atoms with Crippen LogP contribution < -0.4 is 11.1 Å². The third-order valence-corrected chi connectivity index (χ3v) is 2.19. The SMILES string of the molecule is Nc1nc(C(=O)NCC(O)C(F)F)cs1. The molecule has 0 aliphatic carbocycles. The molecule has 0 saturated heterocycles. The van der Waals surface area contributed by atoms with E-state index in [1.807, 2.05) is 0 Å². The van der Waals surface area contributed by atoms with Gasteiger partial charge in [-0.1, -0.05) is 0 Å². The molecule has 0 bridgehead atoms. The Bertz CT molecular complexity index is 345. The maximum Gasteiger partial charge on any atom is 0.270 e. The fourth-order valence-corrected chi connectivity index (χ4v) is 1.31. The number of aromatic nitrogens is 1. The lowest BCUT2D eigenvalue weighted by atomic mass is 10.3. The number of nitrogens with zero attached hydrogens (tertiary/aromatic N) is 1. The lowest BCUT2D eigenvalue weighted by molar-refractivity contribution is -0.00272. The molecule has 1 aromatic rings. The first-order chi connectivity index (χ1) is 7.00. The molecule has 0 aliphatic rings. The van der Waals surface area contributed by atoms with Gasteiger partial charge < -0.3 is 16.2 Å². The predicted octanol–water partition coefficient (Wildman–Crippen LogP) is 0.0811. The molecule has 1 rings (SSSR count). The summed E-state index contributed by atoms with van der Waals surface area (Å²) >= 11 is 1.07. The molecule has 1 atom stereocenters. The van der Waals surface area contributed by atoms with E-state index < -0.39 is 25.0 Å². The first kappa shape index (κ1) is 11.8. The number of thiazole rings is 1. The molecule has 0 aliphatic heterocycles. The average Bonchev–Trinajstić information content (AvgIpc) is 2.60. The molecule has 15 heavy (non-hydrogen) atoms. The number of carbonyl (C=O) groups is 1. The van der Waals surface area contributed by atoms with E-state index in [0.717, 1.165) is 11.3 Å². The van der Waals surface area contributed by atoms with Crippen molar-refractivity contribution in [3.05, 3.63) is 11.1 Å². The van der Waals surface area contributed by atoms with Gasteiger partial charge in [-0.05, 0) is 0 Å². The molecule has 1 aromatic heterocycles. The van der Waals surface area contributed by atoms with Gasteiger partial charge in [-0.15, -0.1) is 11.3 Å². The topological polar surface area (TPSA) is 88.2 Å². The maximum absolute atomic E-state index is 11.9. The second-order valence-corrected chi connectivity index (χ2v) is 3.57. The summed E-state index contributed by atoms with van der Waals surface area (Å²) in [7, 11) is 0. The minimum Gasteiger partial charge on any atom is -0.385 e. The number of rotatable bonds is 4. The van der Waals surface area contributed by atoms with Crippen LogP contribution in [0.3, 0.4) is 0 Å². The van der Waals surface area contributed by atoms with E-state index in [2.05, 4.69) is 10.3 Å². The third-order valence-electron chi connectivity index (χ3n) is 1.52. The predicted molar refractivity (Wildman–Crippen MR) is 50.9 cm³/mol. The van der Waals surface area contributed by atoms with Crippen molar-refractivity contribution in [2.45, 2.75) is 12.5 Å². The van der Waals surface area contributed by atoms with Crippen LogP contribution >= 0.6 is 11.3 Å². The van der Waals surface area contributed by atoms with Crippen molar-refractivity contribution in [2.24, 2.45) is 0 Å². The molecule has 0 spiro atoms. The van der Waals surface area contributed by atoms with E-state index in [1.165, 1.54) is 5.38 Å². The van der Waals surface area contributed by atoms with Crippen LogP contribution in [0.1, 0.15) is 10.5 Å². The van der Waals surface area contributed by atoms with Crippen LogP contribution in [0, 0.1) is 0 Å². The van der Waals surface area contributed by atoms with Gasteiger partial charge in [0.05, 0.1) is 0 Å². The van der Waals surface area contributed by atoms with Crippen LogP contribution in [-0.4, -0.2) is 35.1 Å². The van der Waals surface area contributed by atoms with E-state index in [0.29, 0.717) is 0 Å². The molecule has 1 amide bonds. The summed E-state index contributed by atoms with van der Waals surface area (Å²) in [6.45, 7) is -0.520. The zero-order valence-electron chi connectivity index (χ0n) is 7.48. The molecule has 1 heterocycles. The molecule has 84 valence electrons. The van der Waals surface area contributed by atoms with Crippen LogP contribution in [0.4, 0.5) is 13.9 Å². The number of aliphatic hydroxyl groups excluding tert-OH is 1. The number of nitrogens with two attached hydrogens (primary N) is 1. The summed E-state index contributed by atoms with van der Waals surface area (Å²) in [5.74, 6) is -0.636. The molecular formula is C7H9F2N3O2S. The quantitative estimate of drug-likeness (QED) is 0.692. The number of hydrogen-bond donors (Lipinski definition) is 3. The van der Waals surface area contributed by atoms with Crippen LogP contribution in [0.15, 0.2) is 5.38 Å². The van der Waals surface area contributed by atoms with Crippen LogP contribution in [-0.2, 0) is 0 Å². The second-order valence-electron chi connectivity index (χ2n) is 2.68. The van der Waals surface area contributed by atoms with Gasteiger partial charge in [0.2, 0.25) is 0 Å². The fourth-order valence-electron chi connectivity index (χ4n) is 0.769. The molecular weight excluding hydrogens is 228 g/mol. The number of hydrogen-bond acceptors (Lipinski definition) is 5. The second kappa shape index (κ2) is 4.99. The highest BCUT2D eigenvalue weighted by molar-refractivity contribution is 7.13. The van der Waals surface area contributed by atoms with Gasteiger partial charge in [0.1, 0.15) is 11.8 Å². The summed E-state index contributed by atoms with van der Waals surface area (Å²) in [5.41, 5.74) is 5.33. The number of carbonyl (C=O) groups excluding carboxylic acids is 1. The lowest BCUT2D eigenvalue weighted by Crippen LogP contribution is -2.35. The minimum atomic E-state index is -2.88. The van der Waals surface area contributed by atoms with Crippen molar-refractivity contribution >= 4 is 22.4 Å². The number of halogens is 2. The molecule has 8 heteroatoms. The third kappa shape index (κ3) is 3.40. The monoisotopic (exact) mass is 237 g/mol. The Balaban J connectivity index is 2.43. The molecule has 0 saturated carbocycles. The van der Waals surface area contributed by atoms with Gasteiger partial charge in [-0.25, -0.2) is 13.8 Å². The van der Waals surface area contributed by atoms with Crippen molar-refractivity contribution in [1.29, 1.82) is 0 Å². The Morgan fingerprint density at radius 2 is 2.40 bits per heavy atom. The highest BCUT2D eigenvalue weighted by atomic mass is 32.1. The van der Waals surface area contributed by atoms with Crippen molar-refractivity contribution in [3.8, 4) is 0 Å². The number of aliphatic hydroxyl groups is 1. The van der Waals surface area contributed by atoms with E-state index in [9.17, 15) is 13.6 Å². The highest BCUT2D eigenvalue weighted by Crippen LogP contribution is 2.10. The van der Waals surface area contributed by atoms with E-state index in [1.54, 1.807) is 0 Å². The van der Waals surface area contributed by atoms with Gasteiger partial charge in [0.25, 0.3) is 12.3 Å². The molecule has 0 aromatic carbocycles.